The first-order chi connectivity index (χ1) is 7.18. The fourth-order valence-electron chi connectivity index (χ4n) is 1.11. The summed E-state index contributed by atoms with van der Waals surface area (Å²) in [6.45, 7) is 0. The predicted molar refractivity (Wildman–Crippen MR) is 45.8 cm³/mol. The molecule has 1 aromatic carbocycles. The molecule has 1 aromatic heterocycles. The molecule has 0 fully saturated rings. The monoisotopic (exact) mass is 209 g/mol. The number of halogens is 1. The molecule has 0 amide bonds. The van der Waals surface area contributed by atoms with Gasteiger partial charge in [-0.2, -0.15) is 4.68 Å². The molecule has 0 atom stereocenters. The van der Waals surface area contributed by atoms with Crippen LogP contribution in [0.5, 0.6) is 0 Å². The van der Waals surface area contributed by atoms with Crippen LogP contribution < -0.4 is 0 Å². The van der Waals surface area contributed by atoms with Gasteiger partial charge in [-0.25, -0.2) is 4.39 Å². The van der Waals surface area contributed by atoms with E-state index in [9.17, 15) is 14.5 Å². The van der Waals surface area contributed by atoms with Crippen molar-refractivity contribution in [3.63, 3.8) is 0 Å². The van der Waals surface area contributed by atoms with Crippen molar-refractivity contribution < 1.29 is 9.31 Å². The Bertz CT molecular complexity index is 498. The van der Waals surface area contributed by atoms with E-state index >= 15 is 0 Å². The molecular weight excluding hydrogens is 205 g/mol. The summed E-state index contributed by atoms with van der Waals surface area (Å²) in [4.78, 5) is 9.93. The topological polar surface area (TPSA) is 86.7 Å². The lowest BCUT2D eigenvalue weighted by molar-refractivity contribution is -0.384. The molecule has 1 heterocycles. The minimum absolute atomic E-state index is 0.117. The Hall–Kier alpha value is -2.38. The molecule has 0 saturated heterocycles. The van der Waals surface area contributed by atoms with Crippen LogP contribution in [-0.4, -0.2) is 25.1 Å². The van der Waals surface area contributed by atoms with E-state index in [4.69, 9.17) is 0 Å². The zero-order valence-electron chi connectivity index (χ0n) is 7.24. The highest BCUT2D eigenvalue weighted by Crippen LogP contribution is 2.22. The van der Waals surface area contributed by atoms with E-state index in [1.54, 1.807) is 0 Å². The van der Waals surface area contributed by atoms with Crippen molar-refractivity contribution in [3.8, 4) is 5.69 Å². The van der Waals surface area contributed by atoms with Crippen LogP contribution in [0.15, 0.2) is 24.5 Å². The van der Waals surface area contributed by atoms with Crippen molar-refractivity contribution in [3.05, 3.63) is 40.5 Å². The van der Waals surface area contributed by atoms with Gasteiger partial charge < -0.3 is 0 Å². The summed E-state index contributed by atoms with van der Waals surface area (Å²) in [7, 11) is 0. The van der Waals surface area contributed by atoms with Gasteiger partial charge in [0.2, 0.25) is 0 Å². The van der Waals surface area contributed by atoms with Crippen LogP contribution in [0.4, 0.5) is 10.1 Å². The summed E-state index contributed by atoms with van der Waals surface area (Å²) in [5, 5.41) is 20.8. The zero-order chi connectivity index (χ0) is 10.8. The Balaban J connectivity index is 2.61. The summed E-state index contributed by atoms with van der Waals surface area (Å²) in [5.41, 5.74) is -0.270. The van der Waals surface area contributed by atoms with Gasteiger partial charge in [0.05, 0.1) is 11.0 Å². The van der Waals surface area contributed by atoms with E-state index in [1.165, 1.54) is 12.4 Å². The van der Waals surface area contributed by atoms with Crippen molar-refractivity contribution in [2.75, 3.05) is 0 Å². The maximum atomic E-state index is 12.8. The van der Waals surface area contributed by atoms with Crippen molar-refractivity contribution in [2.24, 2.45) is 0 Å². The number of benzene rings is 1. The van der Waals surface area contributed by atoms with Crippen molar-refractivity contribution in [2.45, 2.75) is 0 Å². The van der Waals surface area contributed by atoms with E-state index in [-0.39, 0.29) is 11.4 Å². The van der Waals surface area contributed by atoms with Crippen LogP contribution in [0.25, 0.3) is 5.69 Å². The quantitative estimate of drug-likeness (QED) is 0.536. The summed E-state index contributed by atoms with van der Waals surface area (Å²) < 4.78 is 13.9. The molecule has 2 rings (SSSR count). The second-order valence-corrected chi connectivity index (χ2v) is 2.64. The predicted octanol–water partition coefficient (Wildman–Crippen LogP) is 0.710. The van der Waals surface area contributed by atoms with Crippen LogP contribution in [0, 0.1) is 15.9 Å². The summed E-state index contributed by atoms with van der Waals surface area (Å²) >= 11 is 0. The normalized spacial score (nSPS) is 10.2. The maximum Gasteiger partial charge on any atom is 0.297 e. The molecule has 8 heteroatoms. The van der Waals surface area contributed by atoms with Crippen LogP contribution in [0.3, 0.4) is 0 Å². The number of rotatable bonds is 2. The van der Waals surface area contributed by atoms with Gasteiger partial charge >= 0.3 is 0 Å². The standard InChI is InChI=1S/C7H4FN5O2/c8-5-1-2-6(7(3-5)13(14)15)12-4-9-10-11-12/h1-4H. The van der Waals surface area contributed by atoms with Crippen molar-refractivity contribution >= 4 is 5.69 Å². The Morgan fingerprint density at radius 1 is 1.47 bits per heavy atom. The first kappa shape index (κ1) is 9.19. The van der Waals surface area contributed by atoms with E-state index in [2.05, 4.69) is 15.5 Å². The van der Waals surface area contributed by atoms with Gasteiger partial charge in [0.15, 0.2) is 0 Å². The SMILES string of the molecule is O=[N+]([O-])c1cc(F)ccc1-n1cnnn1. The molecule has 0 saturated carbocycles. The highest BCUT2D eigenvalue weighted by molar-refractivity contribution is 5.51. The molecule has 2 aromatic rings. The lowest BCUT2D eigenvalue weighted by atomic mass is 10.2. The van der Waals surface area contributed by atoms with Gasteiger partial charge in [0, 0.05) is 0 Å². The smallest absolute Gasteiger partial charge is 0.258 e. The molecule has 0 spiro atoms. The average Bonchev–Trinajstić information content (AvgIpc) is 2.70. The van der Waals surface area contributed by atoms with Crippen LogP contribution >= 0.6 is 0 Å². The Morgan fingerprint density at radius 2 is 2.27 bits per heavy atom. The van der Waals surface area contributed by atoms with Gasteiger partial charge in [-0.05, 0) is 22.6 Å². The third-order valence-corrected chi connectivity index (χ3v) is 1.73. The molecule has 7 nitrogen and oxygen atoms in total. The van der Waals surface area contributed by atoms with Crippen molar-refractivity contribution in [1.82, 2.24) is 20.2 Å². The van der Waals surface area contributed by atoms with Gasteiger partial charge in [0.25, 0.3) is 5.69 Å². The highest BCUT2D eigenvalue weighted by Gasteiger charge is 2.16. The number of hydrogen-bond donors (Lipinski definition) is 0. The Kier molecular flexibility index (Phi) is 2.08. The third-order valence-electron chi connectivity index (χ3n) is 1.73. The lowest BCUT2D eigenvalue weighted by Crippen LogP contribution is -2.01. The molecule has 0 bridgehead atoms. The Morgan fingerprint density at radius 3 is 2.87 bits per heavy atom. The van der Waals surface area contributed by atoms with Gasteiger partial charge in [-0.15, -0.1) is 5.10 Å². The molecular formula is C7H4FN5O2. The third kappa shape index (κ3) is 1.64. The zero-order valence-corrected chi connectivity index (χ0v) is 7.24. The molecule has 0 N–H and O–H groups in total. The summed E-state index contributed by atoms with van der Waals surface area (Å²) in [5.74, 6) is -0.682. The fraction of sp³-hybridized carbons (Fsp3) is 0. The molecule has 76 valence electrons. The van der Waals surface area contributed by atoms with Crippen molar-refractivity contribution in [1.29, 1.82) is 0 Å². The number of nitro groups is 1. The molecule has 0 aliphatic rings. The molecule has 15 heavy (non-hydrogen) atoms. The van der Waals surface area contributed by atoms with E-state index < -0.39 is 10.7 Å². The molecule has 0 radical (unpaired) electrons. The minimum atomic E-state index is -0.694. The maximum absolute atomic E-state index is 12.8. The first-order valence-electron chi connectivity index (χ1n) is 3.86. The summed E-state index contributed by atoms with van der Waals surface area (Å²) in [6.07, 6.45) is 1.19. The number of aromatic nitrogens is 4. The summed E-state index contributed by atoms with van der Waals surface area (Å²) in [6, 6.07) is 3.16. The van der Waals surface area contributed by atoms with Crippen LogP contribution in [0.1, 0.15) is 0 Å². The first-order valence-corrected chi connectivity index (χ1v) is 3.86. The van der Waals surface area contributed by atoms with Gasteiger partial charge in [0.1, 0.15) is 17.8 Å². The van der Waals surface area contributed by atoms with E-state index in [1.807, 2.05) is 0 Å². The number of nitro benzene ring substituents is 1. The van der Waals surface area contributed by atoms with E-state index in [0.29, 0.717) is 0 Å². The Labute approximate surface area is 82.3 Å². The highest BCUT2D eigenvalue weighted by atomic mass is 19.1. The molecule has 0 unspecified atom stereocenters. The molecule has 0 aliphatic carbocycles. The van der Waals surface area contributed by atoms with Crippen LogP contribution in [-0.2, 0) is 0 Å². The second kappa shape index (κ2) is 3.40. The van der Waals surface area contributed by atoms with E-state index in [0.717, 1.165) is 16.8 Å². The minimum Gasteiger partial charge on any atom is -0.258 e. The van der Waals surface area contributed by atoms with Crippen LogP contribution in [0.2, 0.25) is 0 Å². The van der Waals surface area contributed by atoms with Gasteiger partial charge in [-0.3, -0.25) is 10.1 Å². The number of nitrogens with zero attached hydrogens (tertiary/aromatic N) is 5. The number of tetrazole rings is 1. The number of hydrogen-bond acceptors (Lipinski definition) is 5. The average molecular weight is 209 g/mol. The molecule has 0 aliphatic heterocycles. The van der Waals surface area contributed by atoms with Gasteiger partial charge in [-0.1, -0.05) is 0 Å². The largest absolute Gasteiger partial charge is 0.297 e. The lowest BCUT2D eigenvalue weighted by Gasteiger charge is -2.00. The fourth-order valence-corrected chi connectivity index (χ4v) is 1.11. The second-order valence-electron chi connectivity index (χ2n) is 2.64.